The normalized spacial score (nSPS) is 12.1. The highest BCUT2D eigenvalue weighted by atomic mass is 16.5. The van der Waals surface area contributed by atoms with Crippen molar-refractivity contribution in [2.45, 2.75) is 39.2 Å². The lowest BCUT2D eigenvalue weighted by molar-refractivity contribution is -0.148. The fourth-order valence-corrected chi connectivity index (χ4v) is 1.82. The van der Waals surface area contributed by atoms with Crippen molar-refractivity contribution >= 4 is 17.8 Å². The number of amides is 1. The summed E-state index contributed by atoms with van der Waals surface area (Å²) in [6.45, 7) is 4.14. The first-order valence-corrected chi connectivity index (χ1v) is 6.68. The quantitative estimate of drug-likeness (QED) is 0.587. The maximum absolute atomic E-state index is 12.1. The molecule has 0 saturated heterocycles. The van der Waals surface area contributed by atoms with E-state index in [4.69, 9.17) is 10.8 Å². The van der Waals surface area contributed by atoms with E-state index in [1.54, 1.807) is 0 Å². The zero-order valence-corrected chi connectivity index (χ0v) is 12.3. The minimum atomic E-state index is -1.15. The van der Waals surface area contributed by atoms with Crippen LogP contribution in [0, 0.1) is 5.92 Å². The Bertz CT molecular complexity index is 342. The van der Waals surface area contributed by atoms with Crippen LogP contribution in [0.3, 0.4) is 0 Å². The van der Waals surface area contributed by atoms with Crippen LogP contribution in [0.4, 0.5) is 0 Å². The highest BCUT2D eigenvalue weighted by Crippen LogP contribution is 2.11. The number of carbonyl (C=O) groups is 3. The first-order valence-electron chi connectivity index (χ1n) is 6.68. The Morgan fingerprint density at radius 2 is 1.80 bits per heavy atom. The number of methoxy groups -OCH3 is 1. The van der Waals surface area contributed by atoms with Crippen molar-refractivity contribution in [2.75, 3.05) is 20.2 Å². The summed E-state index contributed by atoms with van der Waals surface area (Å²) >= 11 is 0. The van der Waals surface area contributed by atoms with Crippen molar-refractivity contribution < 1.29 is 24.2 Å². The molecule has 0 fully saturated rings. The molecule has 0 aromatic rings. The van der Waals surface area contributed by atoms with Crippen molar-refractivity contribution in [3.63, 3.8) is 0 Å². The van der Waals surface area contributed by atoms with Gasteiger partial charge in [0.25, 0.3) is 0 Å². The van der Waals surface area contributed by atoms with Crippen LogP contribution in [0.1, 0.15) is 33.1 Å². The Balaban J connectivity index is 4.85. The highest BCUT2D eigenvalue weighted by molar-refractivity contribution is 5.88. The summed E-state index contributed by atoms with van der Waals surface area (Å²) in [6.07, 6.45) is 1.25. The van der Waals surface area contributed by atoms with E-state index in [0.717, 1.165) is 12.8 Å². The largest absolute Gasteiger partial charge is 0.481 e. The maximum Gasteiger partial charge on any atom is 0.325 e. The summed E-state index contributed by atoms with van der Waals surface area (Å²) < 4.78 is 4.55. The number of carboxylic acid groups (broad SMARTS) is 1. The van der Waals surface area contributed by atoms with Crippen molar-refractivity contribution in [1.82, 2.24) is 4.90 Å². The topological polar surface area (TPSA) is 110 Å². The average molecular weight is 288 g/mol. The third-order valence-electron chi connectivity index (χ3n) is 3.20. The molecule has 0 aliphatic rings. The number of aliphatic carboxylic acids is 1. The number of ether oxygens (including phenoxy) is 1. The molecule has 0 bridgehead atoms. The molecule has 0 spiro atoms. The fourth-order valence-electron chi connectivity index (χ4n) is 1.82. The Labute approximate surface area is 119 Å². The lowest BCUT2D eigenvalue weighted by Gasteiger charge is -2.27. The zero-order valence-electron chi connectivity index (χ0n) is 12.3. The monoisotopic (exact) mass is 288 g/mol. The Hall–Kier alpha value is -1.63. The van der Waals surface area contributed by atoms with Gasteiger partial charge >= 0.3 is 11.9 Å². The second kappa shape index (κ2) is 9.30. The van der Waals surface area contributed by atoms with Gasteiger partial charge in [-0.2, -0.15) is 0 Å². The Morgan fingerprint density at radius 3 is 2.20 bits per heavy atom. The van der Waals surface area contributed by atoms with Gasteiger partial charge in [-0.25, -0.2) is 0 Å². The minimum absolute atomic E-state index is 0.209. The van der Waals surface area contributed by atoms with E-state index in [-0.39, 0.29) is 12.5 Å². The molecular formula is C13H24N2O5. The zero-order chi connectivity index (χ0) is 15.7. The standard InChI is InChI=1S/C13H24N2O5/c1-4-9(5-2)7-15(8-12(18)20-3)13(19)10(14)6-11(16)17/h9-10H,4-8,14H2,1-3H3,(H,16,17). The minimum Gasteiger partial charge on any atom is -0.481 e. The summed E-state index contributed by atoms with van der Waals surface area (Å²) in [6, 6.07) is -1.15. The number of nitrogens with zero attached hydrogens (tertiary/aromatic N) is 1. The molecular weight excluding hydrogens is 264 g/mol. The van der Waals surface area contributed by atoms with E-state index in [1.807, 2.05) is 13.8 Å². The summed E-state index contributed by atoms with van der Waals surface area (Å²) in [5, 5.41) is 8.67. The highest BCUT2D eigenvalue weighted by Gasteiger charge is 2.26. The second-order valence-corrected chi connectivity index (χ2v) is 4.68. The lowest BCUT2D eigenvalue weighted by atomic mass is 10.0. The van der Waals surface area contributed by atoms with Gasteiger partial charge in [0.05, 0.1) is 19.6 Å². The van der Waals surface area contributed by atoms with Gasteiger partial charge in [0.1, 0.15) is 6.54 Å². The lowest BCUT2D eigenvalue weighted by Crippen LogP contribution is -2.48. The van der Waals surface area contributed by atoms with Gasteiger partial charge in [-0.1, -0.05) is 26.7 Å². The van der Waals surface area contributed by atoms with Crippen LogP contribution in [0.5, 0.6) is 0 Å². The first-order chi connectivity index (χ1) is 9.35. The smallest absolute Gasteiger partial charge is 0.325 e. The molecule has 1 amide bonds. The fraction of sp³-hybridized carbons (Fsp3) is 0.769. The molecule has 0 heterocycles. The number of hydrogen-bond acceptors (Lipinski definition) is 5. The van der Waals surface area contributed by atoms with Gasteiger partial charge in [-0.15, -0.1) is 0 Å². The van der Waals surface area contributed by atoms with Gasteiger partial charge in [0.2, 0.25) is 5.91 Å². The number of rotatable bonds is 9. The van der Waals surface area contributed by atoms with Crippen molar-refractivity contribution in [1.29, 1.82) is 0 Å². The van der Waals surface area contributed by atoms with Gasteiger partial charge in [-0.3, -0.25) is 14.4 Å². The average Bonchev–Trinajstić information content (AvgIpc) is 2.41. The van der Waals surface area contributed by atoms with Gasteiger partial charge in [0, 0.05) is 6.54 Å². The molecule has 7 heteroatoms. The molecule has 0 radical (unpaired) electrons. The summed E-state index contributed by atoms with van der Waals surface area (Å²) in [7, 11) is 1.24. The number of nitrogens with two attached hydrogens (primary N) is 1. The van der Waals surface area contributed by atoms with Crippen LogP contribution < -0.4 is 5.73 Å². The molecule has 0 rings (SSSR count). The Kier molecular flexibility index (Phi) is 8.54. The van der Waals surface area contributed by atoms with Crippen LogP contribution in [0.2, 0.25) is 0 Å². The van der Waals surface area contributed by atoms with E-state index in [0.29, 0.717) is 6.54 Å². The number of carboxylic acids is 1. The molecule has 116 valence electrons. The van der Waals surface area contributed by atoms with Gasteiger partial charge in [-0.05, 0) is 5.92 Å². The van der Waals surface area contributed by atoms with Crippen molar-refractivity contribution in [3.8, 4) is 0 Å². The second-order valence-electron chi connectivity index (χ2n) is 4.68. The third-order valence-corrected chi connectivity index (χ3v) is 3.20. The molecule has 0 aliphatic carbocycles. The van der Waals surface area contributed by atoms with Gasteiger partial charge in [0.15, 0.2) is 0 Å². The van der Waals surface area contributed by atoms with E-state index in [9.17, 15) is 14.4 Å². The summed E-state index contributed by atoms with van der Waals surface area (Å²) in [4.78, 5) is 35.4. The molecule has 0 aromatic heterocycles. The van der Waals surface area contributed by atoms with Gasteiger partial charge < -0.3 is 20.5 Å². The molecule has 7 nitrogen and oxygen atoms in total. The molecule has 1 unspecified atom stereocenters. The molecule has 0 aliphatic heterocycles. The predicted octanol–water partition coefficient (Wildman–Crippen LogP) is 0.226. The van der Waals surface area contributed by atoms with Crippen LogP contribution in [0.25, 0.3) is 0 Å². The van der Waals surface area contributed by atoms with Crippen LogP contribution in [0.15, 0.2) is 0 Å². The van der Waals surface area contributed by atoms with Crippen LogP contribution in [-0.2, 0) is 19.1 Å². The van der Waals surface area contributed by atoms with E-state index in [1.165, 1.54) is 12.0 Å². The number of carbonyl (C=O) groups excluding carboxylic acids is 2. The molecule has 1 atom stereocenters. The van der Waals surface area contributed by atoms with Crippen LogP contribution >= 0.6 is 0 Å². The molecule has 0 saturated carbocycles. The number of hydrogen-bond donors (Lipinski definition) is 2. The van der Waals surface area contributed by atoms with Crippen molar-refractivity contribution in [3.05, 3.63) is 0 Å². The first kappa shape index (κ1) is 18.4. The summed E-state index contributed by atoms with van der Waals surface area (Å²) in [5.74, 6) is -2.00. The maximum atomic E-state index is 12.1. The summed E-state index contributed by atoms with van der Waals surface area (Å²) in [5.41, 5.74) is 5.57. The van der Waals surface area contributed by atoms with E-state index < -0.39 is 30.3 Å². The SMILES string of the molecule is CCC(CC)CN(CC(=O)OC)C(=O)C(N)CC(=O)O. The van der Waals surface area contributed by atoms with Crippen molar-refractivity contribution in [2.24, 2.45) is 11.7 Å². The molecule has 3 N–H and O–H groups in total. The van der Waals surface area contributed by atoms with E-state index >= 15 is 0 Å². The van der Waals surface area contributed by atoms with E-state index in [2.05, 4.69) is 4.74 Å². The molecule has 0 aromatic carbocycles. The Morgan fingerprint density at radius 1 is 1.25 bits per heavy atom. The molecule has 20 heavy (non-hydrogen) atoms. The predicted molar refractivity (Wildman–Crippen MR) is 72.9 cm³/mol. The third kappa shape index (κ3) is 6.51. The number of esters is 1. The van der Waals surface area contributed by atoms with Crippen LogP contribution in [-0.4, -0.2) is 54.1 Å².